The Morgan fingerprint density at radius 3 is 0.418 bits per heavy atom. The Morgan fingerprint density at radius 1 is 0.219 bits per heavy atom. The molecule has 0 fully saturated rings. The minimum atomic E-state index is -4.19. The number of unbranched alkanes of at least 4 members (excludes halogenated alkanes) is 9. The molecule has 8 aromatic rings. The van der Waals surface area contributed by atoms with Gasteiger partial charge in [0.1, 0.15) is 40.1 Å². The van der Waals surface area contributed by atoms with E-state index in [0.717, 1.165) is 66.8 Å². The van der Waals surface area contributed by atoms with Crippen LogP contribution in [0.1, 0.15) is 450 Å². The molecule has 2 radical (unpaired) electrons. The molecule has 0 N–H and O–H groups in total. The van der Waals surface area contributed by atoms with Gasteiger partial charge in [-0.2, -0.15) is 22.7 Å². The number of sulfonamides is 4. The van der Waals surface area contributed by atoms with Gasteiger partial charge in [0.2, 0.25) is 23.6 Å². The fraction of sp³-hybridized carbons (Fsp3) is 0.559. The molecule has 0 aliphatic heterocycles. The van der Waals surface area contributed by atoms with Crippen molar-refractivity contribution >= 4 is 109 Å². The standard InChI is InChI=1S/2C42H54N3O4S2.3C6H14.4C4H9NO.2Fe/c2*1-25(2)31-21-33(27(5)6)41(34(22-31)28(7)8)50(46,47)44-39-19-15-13-17-37(39)43-38-18-14-16-20-40(38)45-51(48,49)42-35(29(9)10)23-32(26(3)4)24-36(42)30(11)12;3*1-3-5-6-4-2;4*1-4(6)5(2)3;;/h2*13-30H,1-12H3;3*3-6H2,1-2H3;4*1-3H3;;/q2*-3;;;;;;;;2*+3. The predicted molar refractivity (Wildman–Crippen MR) is 614 cm³/mol. The summed E-state index contributed by atoms with van der Waals surface area (Å²) in [5.74, 6) is 0.896. The Labute approximate surface area is 910 Å². The van der Waals surface area contributed by atoms with Crippen molar-refractivity contribution in [1.82, 2.24) is 19.6 Å². The fourth-order valence-corrected chi connectivity index (χ4v) is 20.5. The van der Waals surface area contributed by atoms with E-state index < -0.39 is 40.1 Å². The van der Waals surface area contributed by atoms with Crippen LogP contribution in [-0.4, -0.2) is 133 Å². The van der Waals surface area contributed by atoms with Crippen LogP contribution in [-0.2, 0) is 93.4 Å². The topological polar surface area (TPSA) is 302 Å². The average Bonchev–Trinajstić information content (AvgIpc) is 0.774. The predicted octanol–water partition coefficient (Wildman–Crippen LogP) is 35.2. The van der Waals surface area contributed by atoms with Gasteiger partial charge in [-0.05, 0) is 138 Å². The smallest absolute Gasteiger partial charge is 0.660 e. The van der Waals surface area contributed by atoms with Gasteiger partial charge >= 0.3 is 34.1 Å². The van der Waals surface area contributed by atoms with Gasteiger partial charge in [-0.1, -0.05) is 430 Å². The zero-order valence-corrected chi connectivity index (χ0v) is 102. The zero-order valence-electron chi connectivity index (χ0n) is 97.0. The van der Waals surface area contributed by atoms with Gasteiger partial charge in [0.25, 0.3) is 0 Å². The van der Waals surface area contributed by atoms with Gasteiger partial charge in [0.15, 0.2) is 0 Å². The molecule has 0 saturated carbocycles. The van der Waals surface area contributed by atoms with Crippen molar-refractivity contribution in [2.45, 2.75) is 403 Å². The van der Waals surface area contributed by atoms with Crippen molar-refractivity contribution in [3.8, 4) is 0 Å². The normalized spacial score (nSPS) is 11.1. The number of para-hydroxylation sites is 4. The first-order chi connectivity index (χ1) is 66.8. The number of benzene rings is 8. The summed E-state index contributed by atoms with van der Waals surface area (Å²) in [4.78, 5) is 47.3. The average molecular weight is 2180 g/mol. The summed E-state index contributed by atoms with van der Waals surface area (Å²) in [6, 6.07) is 42.9. The van der Waals surface area contributed by atoms with E-state index >= 15 is 0 Å². The van der Waals surface area contributed by atoms with Gasteiger partial charge in [-0.25, -0.2) is 33.7 Å². The maximum Gasteiger partial charge on any atom is 3.00 e. The third kappa shape index (κ3) is 48.5. The first-order valence-corrected chi connectivity index (χ1v) is 57.7. The number of carbonyl (C=O) groups is 4. The number of amides is 4. The summed E-state index contributed by atoms with van der Waals surface area (Å²) >= 11 is 0. The molecule has 8 aromatic carbocycles. The van der Waals surface area contributed by atoms with Gasteiger partial charge in [0, 0.05) is 84.1 Å². The van der Waals surface area contributed by atoms with E-state index in [-0.39, 0.29) is 194 Å². The molecule has 0 aromatic heterocycles. The SMILES string of the molecule is CC(=O)N(C)C.CC(=O)N(C)C.CC(=O)N(C)C.CC(=O)N(C)C.CC(C)c1cc(C(C)C)c(S(=O)(=O)[N-]c2ccccc2[N-]c2ccccc2[N-]S(=O)(=O)c2c(C(C)C)cc(C(C)C)cc2C(C)C)c(C(C)C)c1.CC(C)c1cc(C(C)C)c(S(=O)(=O)[N-]c2ccccc2[N-]c2ccccc2[N-]S(=O)(=O)c2c(C(C)C)cc(C(C)C)cc2C(C)C)c(C(C)C)c1.CCCCCC.CCCCCC.CCCCCC.[Fe+3].[Fe+3]. The van der Waals surface area contributed by atoms with E-state index in [1.54, 1.807) is 153 Å². The van der Waals surface area contributed by atoms with E-state index in [1.807, 2.05) is 159 Å². The maximum absolute atomic E-state index is 14.3. The quantitative estimate of drug-likeness (QED) is 0.0259. The first-order valence-electron chi connectivity index (χ1n) is 51.9. The van der Waals surface area contributed by atoms with Gasteiger partial charge in [0.05, 0.1) is 19.6 Å². The Bertz CT molecular complexity index is 4910. The second kappa shape index (κ2) is 69.6. The monoisotopic (exact) mass is 2180 g/mol. The van der Waals surface area contributed by atoms with E-state index in [4.69, 9.17) is 10.6 Å². The summed E-state index contributed by atoms with van der Waals surface area (Å²) in [6.45, 7) is 68.2. The van der Waals surface area contributed by atoms with Crippen molar-refractivity contribution in [3.63, 3.8) is 0 Å². The number of hydrogen-bond donors (Lipinski definition) is 0. The molecule has 0 unspecified atom stereocenters. The van der Waals surface area contributed by atoms with Crippen LogP contribution >= 0.6 is 0 Å². The van der Waals surface area contributed by atoms with E-state index in [0.29, 0.717) is 0 Å². The molecule has 28 heteroatoms. The second-order valence-corrected chi connectivity index (χ2v) is 47.4. The van der Waals surface area contributed by atoms with Crippen LogP contribution in [0.2, 0.25) is 0 Å². The molecule has 4 amide bonds. The molecular formula is C118H186Fe2N10O12S4. The molecule has 0 aliphatic rings. The summed E-state index contributed by atoms with van der Waals surface area (Å²) in [6.07, 6.45) is 16.6. The number of hydrogen-bond acceptors (Lipinski definition) is 12. The van der Waals surface area contributed by atoms with Crippen LogP contribution in [0.3, 0.4) is 0 Å². The van der Waals surface area contributed by atoms with Gasteiger partial charge in [-0.15, -0.1) is 22.7 Å². The van der Waals surface area contributed by atoms with E-state index in [1.165, 1.54) is 124 Å². The molecule has 820 valence electrons. The van der Waals surface area contributed by atoms with Crippen molar-refractivity contribution in [2.24, 2.45) is 0 Å². The van der Waals surface area contributed by atoms with E-state index in [2.05, 4.69) is 116 Å². The van der Waals surface area contributed by atoms with Crippen molar-refractivity contribution in [1.29, 1.82) is 0 Å². The minimum absolute atomic E-state index is 0. The molecule has 0 bridgehead atoms. The molecular weight excluding hydrogens is 1990 g/mol. The molecule has 0 atom stereocenters. The maximum atomic E-state index is 14.3. The van der Waals surface area contributed by atoms with Gasteiger partial charge in [-0.3, -0.25) is 19.2 Å². The second-order valence-electron chi connectivity index (χ2n) is 41.2. The Morgan fingerprint density at radius 2 is 0.329 bits per heavy atom. The van der Waals surface area contributed by atoms with Crippen LogP contribution < -0.4 is 0 Å². The number of carbonyl (C=O) groups excluding carboxylic acids is 4. The van der Waals surface area contributed by atoms with Crippen LogP contribution in [0.5, 0.6) is 0 Å². The third-order valence-electron chi connectivity index (χ3n) is 23.6. The zero-order chi connectivity index (χ0) is 111. The van der Waals surface area contributed by atoms with E-state index in [9.17, 15) is 52.8 Å². The molecule has 0 saturated heterocycles. The van der Waals surface area contributed by atoms with Crippen molar-refractivity contribution in [3.05, 3.63) is 242 Å². The number of rotatable bonds is 37. The van der Waals surface area contributed by atoms with Crippen LogP contribution in [0.15, 0.2) is 165 Å². The Hall–Kier alpha value is -8.72. The summed E-state index contributed by atoms with van der Waals surface area (Å²) < 4.78 is 132. The van der Waals surface area contributed by atoms with Crippen LogP contribution in [0.4, 0.5) is 45.5 Å². The molecule has 146 heavy (non-hydrogen) atoms. The summed E-state index contributed by atoms with van der Waals surface area (Å²) in [7, 11) is -2.95. The minimum Gasteiger partial charge on any atom is -0.660 e. The summed E-state index contributed by atoms with van der Waals surface area (Å²) in [5.41, 5.74) is 12.0. The fourth-order valence-electron chi connectivity index (χ4n) is 13.8. The van der Waals surface area contributed by atoms with Crippen LogP contribution in [0, 0.1) is 0 Å². The van der Waals surface area contributed by atoms with Crippen molar-refractivity contribution < 1.29 is 87.0 Å². The largest absolute Gasteiger partial charge is 3.00 e. The van der Waals surface area contributed by atoms with Crippen molar-refractivity contribution in [2.75, 3.05) is 56.4 Å². The summed E-state index contributed by atoms with van der Waals surface area (Å²) in [5, 5.41) is 9.57. The molecule has 0 aliphatic carbocycles. The van der Waals surface area contributed by atoms with Crippen LogP contribution in [0.25, 0.3) is 29.5 Å². The molecule has 0 heterocycles. The third-order valence-corrected chi connectivity index (χ3v) is 29.3. The first kappa shape index (κ1) is 141. The van der Waals surface area contributed by atoms with Gasteiger partial charge < -0.3 is 49.1 Å². The molecule has 8 rings (SSSR count). The number of nitrogens with zero attached hydrogens (tertiary/aromatic N) is 10. The molecule has 0 spiro atoms. The Balaban J connectivity index is -0.00000198. The molecule has 22 nitrogen and oxygen atoms in total. The Kier molecular flexibility index (Phi) is 67.4.